The quantitative estimate of drug-likeness (QED) is 0.455. The van der Waals surface area contributed by atoms with E-state index in [9.17, 15) is 4.79 Å². The molecule has 0 aliphatic heterocycles. The van der Waals surface area contributed by atoms with Crippen molar-refractivity contribution in [3.8, 4) is 11.3 Å². The fourth-order valence-electron chi connectivity index (χ4n) is 3.96. The number of halogens is 1. The van der Waals surface area contributed by atoms with Crippen molar-refractivity contribution in [2.45, 2.75) is 45.4 Å². The van der Waals surface area contributed by atoms with Gasteiger partial charge in [-0.25, -0.2) is 9.37 Å². The number of rotatable bonds is 4. The number of hydrogen-bond acceptors (Lipinski definition) is 4. The first-order valence-electron chi connectivity index (χ1n) is 10.6. The number of nitrogens with zero attached hydrogens (tertiary/aromatic N) is 4. The van der Waals surface area contributed by atoms with Crippen LogP contribution >= 0.6 is 0 Å². The molecule has 6 rings (SSSR count). The van der Waals surface area contributed by atoms with E-state index >= 15 is 4.39 Å². The van der Waals surface area contributed by atoms with E-state index in [2.05, 4.69) is 31.6 Å². The molecule has 1 saturated carbocycles. The molecule has 4 aromatic rings. The van der Waals surface area contributed by atoms with Gasteiger partial charge in [0.25, 0.3) is 0 Å². The van der Waals surface area contributed by atoms with Crippen LogP contribution in [-0.4, -0.2) is 31.0 Å². The number of hydrogen-bond donors (Lipinski definition) is 2. The Labute approximate surface area is 178 Å². The van der Waals surface area contributed by atoms with Crippen molar-refractivity contribution in [2.75, 3.05) is 5.32 Å². The maximum absolute atomic E-state index is 15.4. The Hall–Kier alpha value is -3.55. The number of imidazole rings is 1. The Morgan fingerprint density at radius 3 is 2.71 bits per heavy atom. The normalized spacial score (nSPS) is 15.0. The lowest BCUT2D eigenvalue weighted by atomic mass is 9.93. The SMILES string of the molecule is C1CC1.Cc1c(F)c(C2=CCCC2)c2[nH]ncc2c1-c1cn2cc(NC=O)nc2cn1. The van der Waals surface area contributed by atoms with Crippen LogP contribution in [0.25, 0.3) is 33.4 Å². The molecule has 0 spiro atoms. The van der Waals surface area contributed by atoms with Crippen molar-refractivity contribution in [1.82, 2.24) is 24.6 Å². The van der Waals surface area contributed by atoms with E-state index in [1.165, 1.54) is 19.3 Å². The van der Waals surface area contributed by atoms with Crippen molar-refractivity contribution in [3.63, 3.8) is 0 Å². The molecule has 1 fully saturated rings. The van der Waals surface area contributed by atoms with Gasteiger partial charge in [-0.15, -0.1) is 0 Å². The first-order chi connectivity index (χ1) is 15.2. The molecule has 158 valence electrons. The zero-order valence-electron chi connectivity index (χ0n) is 17.3. The second-order valence-corrected chi connectivity index (χ2v) is 7.96. The van der Waals surface area contributed by atoms with Gasteiger partial charge in [0.15, 0.2) is 11.5 Å². The fourth-order valence-corrected chi connectivity index (χ4v) is 3.96. The Bertz CT molecular complexity index is 1310. The van der Waals surface area contributed by atoms with Crippen LogP contribution in [0.4, 0.5) is 10.2 Å². The molecule has 2 aliphatic rings. The number of nitrogens with one attached hydrogen (secondary N) is 2. The summed E-state index contributed by atoms with van der Waals surface area (Å²) < 4.78 is 17.2. The summed E-state index contributed by atoms with van der Waals surface area (Å²) in [6, 6.07) is 0. The van der Waals surface area contributed by atoms with Crippen LogP contribution in [0.15, 0.2) is 30.9 Å². The average Bonchev–Trinajstić information content (AvgIpc) is 3.24. The molecule has 2 aliphatic carbocycles. The van der Waals surface area contributed by atoms with Gasteiger partial charge in [0.1, 0.15) is 5.82 Å². The highest BCUT2D eigenvalue weighted by atomic mass is 19.1. The number of carbonyl (C=O) groups is 1. The zero-order valence-corrected chi connectivity index (χ0v) is 17.3. The topological polar surface area (TPSA) is 88.0 Å². The molecular formula is C23H23FN6O. The molecule has 3 heterocycles. The molecule has 0 saturated heterocycles. The molecule has 0 unspecified atom stereocenters. The van der Waals surface area contributed by atoms with Gasteiger partial charge in [-0.2, -0.15) is 5.10 Å². The third kappa shape index (κ3) is 3.58. The van der Waals surface area contributed by atoms with Gasteiger partial charge in [0.05, 0.1) is 29.8 Å². The zero-order chi connectivity index (χ0) is 21.4. The molecule has 0 radical (unpaired) electrons. The molecule has 7 nitrogen and oxygen atoms in total. The number of amides is 1. The van der Waals surface area contributed by atoms with E-state index in [1.807, 2.05) is 0 Å². The number of carbonyl (C=O) groups excluding carboxylic acids is 1. The Kier molecular flexibility index (Phi) is 4.97. The van der Waals surface area contributed by atoms with Crippen molar-refractivity contribution < 1.29 is 9.18 Å². The Morgan fingerprint density at radius 1 is 1.16 bits per heavy atom. The predicted molar refractivity (Wildman–Crippen MR) is 118 cm³/mol. The summed E-state index contributed by atoms with van der Waals surface area (Å²) >= 11 is 0. The van der Waals surface area contributed by atoms with Crippen molar-refractivity contribution in [3.05, 3.63) is 47.8 Å². The molecule has 1 aromatic carbocycles. The fraction of sp³-hybridized carbons (Fsp3) is 0.304. The standard InChI is InChI=1S/C20H17FN6O.C3H6/c1-11-17(14-8-27-9-15(23-10-28)25-16(27)7-22-14)13-6-24-26-20(13)18(19(11)21)12-4-2-3-5-12;1-2-3-1/h4,6-10H,2-3,5H2,1H3,(H,23,28)(H,24,26);1-3H2. The molecule has 31 heavy (non-hydrogen) atoms. The third-order valence-electron chi connectivity index (χ3n) is 5.60. The second kappa shape index (κ2) is 7.94. The minimum Gasteiger partial charge on any atom is -0.312 e. The summed E-state index contributed by atoms with van der Waals surface area (Å²) in [6.07, 6.45) is 16.8. The summed E-state index contributed by atoms with van der Waals surface area (Å²) in [5.74, 6) is 0.185. The largest absolute Gasteiger partial charge is 0.312 e. The molecule has 0 atom stereocenters. The van der Waals surface area contributed by atoms with E-state index in [0.29, 0.717) is 45.8 Å². The third-order valence-corrected chi connectivity index (χ3v) is 5.60. The lowest BCUT2D eigenvalue weighted by Gasteiger charge is -2.14. The summed E-state index contributed by atoms with van der Waals surface area (Å²) in [4.78, 5) is 19.4. The number of benzene rings is 1. The van der Waals surface area contributed by atoms with Crippen LogP contribution < -0.4 is 5.32 Å². The highest BCUT2D eigenvalue weighted by Gasteiger charge is 2.23. The van der Waals surface area contributed by atoms with Crippen molar-refractivity contribution in [2.24, 2.45) is 0 Å². The number of fused-ring (bicyclic) bond motifs is 2. The van der Waals surface area contributed by atoms with Crippen LogP contribution in [0, 0.1) is 12.7 Å². The maximum atomic E-state index is 15.4. The number of anilines is 1. The summed E-state index contributed by atoms with van der Waals surface area (Å²) in [6.45, 7) is 1.77. The predicted octanol–water partition coefficient (Wildman–Crippen LogP) is 5.03. The first-order valence-corrected chi connectivity index (χ1v) is 10.6. The summed E-state index contributed by atoms with van der Waals surface area (Å²) in [5, 5.41) is 10.5. The van der Waals surface area contributed by atoms with Crippen LogP contribution in [0.3, 0.4) is 0 Å². The van der Waals surface area contributed by atoms with Gasteiger partial charge in [-0.1, -0.05) is 25.3 Å². The molecule has 8 heteroatoms. The highest BCUT2D eigenvalue weighted by molar-refractivity contribution is 6.01. The number of aromatic nitrogens is 5. The highest BCUT2D eigenvalue weighted by Crippen LogP contribution is 2.40. The molecule has 0 bridgehead atoms. The van der Waals surface area contributed by atoms with E-state index in [4.69, 9.17) is 0 Å². The smallest absolute Gasteiger partial charge is 0.212 e. The van der Waals surface area contributed by atoms with E-state index < -0.39 is 0 Å². The van der Waals surface area contributed by atoms with Gasteiger partial charge >= 0.3 is 0 Å². The van der Waals surface area contributed by atoms with Gasteiger partial charge in [-0.3, -0.25) is 14.9 Å². The van der Waals surface area contributed by atoms with Crippen LogP contribution in [-0.2, 0) is 4.79 Å². The van der Waals surface area contributed by atoms with Crippen LogP contribution in [0.5, 0.6) is 0 Å². The van der Waals surface area contributed by atoms with Gasteiger partial charge in [-0.05, 0) is 37.3 Å². The van der Waals surface area contributed by atoms with E-state index in [-0.39, 0.29) is 5.82 Å². The lowest BCUT2D eigenvalue weighted by Crippen LogP contribution is -2.00. The Morgan fingerprint density at radius 2 is 2.00 bits per heavy atom. The van der Waals surface area contributed by atoms with Gasteiger partial charge in [0.2, 0.25) is 6.41 Å². The van der Waals surface area contributed by atoms with E-state index in [1.54, 1.807) is 36.1 Å². The van der Waals surface area contributed by atoms with Crippen LogP contribution in [0.2, 0.25) is 0 Å². The second-order valence-electron chi connectivity index (χ2n) is 7.96. The number of aromatic amines is 1. The number of allylic oxidation sites excluding steroid dienone is 2. The van der Waals surface area contributed by atoms with Gasteiger partial charge < -0.3 is 9.72 Å². The molecule has 3 aromatic heterocycles. The lowest BCUT2D eigenvalue weighted by molar-refractivity contribution is -0.105. The Balaban J connectivity index is 0.000000628. The van der Waals surface area contributed by atoms with Gasteiger partial charge in [0, 0.05) is 22.7 Å². The molecular weight excluding hydrogens is 395 g/mol. The summed E-state index contributed by atoms with van der Waals surface area (Å²) in [5.41, 5.74) is 4.78. The van der Waals surface area contributed by atoms with E-state index in [0.717, 1.165) is 30.2 Å². The minimum atomic E-state index is -0.240. The maximum Gasteiger partial charge on any atom is 0.212 e. The monoisotopic (exact) mass is 418 g/mol. The van der Waals surface area contributed by atoms with Crippen LogP contribution in [0.1, 0.15) is 49.7 Å². The molecule has 1 amide bonds. The number of H-pyrrole nitrogens is 1. The molecule has 2 N–H and O–H groups in total. The first kappa shape index (κ1) is 19.4. The van der Waals surface area contributed by atoms with Crippen molar-refractivity contribution >= 4 is 34.4 Å². The average molecular weight is 418 g/mol. The minimum absolute atomic E-state index is 0.240. The summed E-state index contributed by atoms with van der Waals surface area (Å²) in [7, 11) is 0. The van der Waals surface area contributed by atoms with Crippen molar-refractivity contribution in [1.29, 1.82) is 0 Å².